The number of aromatic nitrogens is 3. The Morgan fingerprint density at radius 2 is 2.10 bits per heavy atom. The zero-order valence-corrected chi connectivity index (χ0v) is 18.4. The van der Waals surface area contributed by atoms with Gasteiger partial charge in [0.1, 0.15) is 21.8 Å². The van der Waals surface area contributed by atoms with E-state index in [1.54, 1.807) is 11.3 Å². The van der Waals surface area contributed by atoms with Gasteiger partial charge in [-0.3, -0.25) is 4.79 Å². The molecule has 1 N–H and O–H groups in total. The minimum atomic E-state index is -0.105. The van der Waals surface area contributed by atoms with E-state index < -0.39 is 0 Å². The smallest absolute Gasteiger partial charge is 0.234 e. The average Bonchev–Trinajstić information content (AvgIpc) is 3.19. The molecular formula is C19H21N5O2S3. The van der Waals surface area contributed by atoms with Gasteiger partial charge in [0.2, 0.25) is 5.91 Å². The number of carbonyl (C=O) groups is 1. The van der Waals surface area contributed by atoms with Gasteiger partial charge in [-0.2, -0.15) is 16.7 Å². The molecule has 1 aromatic carbocycles. The maximum atomic E-state index is 12.5. The number of thioether (sulfide) groups is 2. The van der Waals surface area contributed by atoms with Gasteiger partial charge in [0.25, 0.3) is 0 Å². The highest BCUT2D eigenvalue weighted by Crippen LogP contribution is 2.34. The molecule has 1 aliphatic heterocycles. The molecule has 1 aliphatic rings. The zero-order valence-electron chi connectivity index (χ0n) is 16.0. The van der Waals surface area contributed by atoms with Gasteiger partial charge in [-0.25, -0.2) is 9.97 Å². The van der Waals surface area contributed by atoms with E-state index in [0.717, 1.165) is 39.5 Å². The normalized spacial score (nSPS) is 14.2. The van der Waals surface area contributed by atoms with Crippen LogP contribution in [-0.4, -0.2) is 57.8 Å². The van der Waals surface area contributed by atoms with Crippen molar-refractivity contribution in [1.82, 2.24) is 15.0 Å². The highest BCUT2D eigenvalue weighted by atomic mass is 32.2. The van der Waals surface area contributed by atoms with Gasteiger partial charge in [0.15, 0.2) is 10.8 Å². The SMILES string of the molecule is CCOc1ccccc1NC(=O)CSc1ncnc2nc(N3CCSCC3)sc12. The molecule has 1 saturated heterocycles. The number of thiazole rings is 1. The van der Waals surface area contributed by atoms with Crippen LogP contribution < -0.4 is 15.0 Å². The second kappa shape index (κ2) is 9.64. The Bertz CT molecular complexity index is 991. The van der Waals surface area contributed by atoms with Gasteiger partial charge in [0.05, 0.1) is 18.0 Å². The van der Waals surface area contributed by atoms with Crippen molar-refractivity contribution in [2.24, 2.45) is 0 Å². The summed E-state index contributed by atoms with van der Waals surface area (Å²) >= 11 is 4.97. The molecule has 10 heteroatoms. The first-order valence-corrected chi connectivity index (χ1v) is 12.3. The molecular weight excluding hydrogens is 426 g/mol. The minimum Gasteiger partial charge on any atom is -0.492 e. The molecule has 2 aromatic heterocycles. The van der Waals surface area contributed by atoms with Crippen LogP contribution in [0.1, 0.15) is 6.92 Å². The number of fused-ring (bicyclic) bond motifs is 1. The van der Waals surface area contributed by atoms with Crippen LogP contribution in [0, 0.1) is 0 Å². The lowest BCUT2D eigenvalue weighted by molar-refractivity contribution is -0.113. The lowest BCUT2D eigenvalue weighted by atomic mass is 10.3. The molecule has 3 aromatic rings. The molecule has 152 valence electrons. The predicted molar refractivity (Wildman–Crippen MR) is 122 cm³/mol. The summed E-state index contributed by atoms with van der Waals surface area (Å²) in [5.41, 5.74) is 1.37. The molecule has 1 amide bonds. The second-order valence-corrected chi connectivity index (χ2v) is 9.36. The molecule has 0 atom stereocenters. The summed E-state index contributed by atoms with van der Waals surface area (Å²) in [6.45, 7) is 4.47. The van der Waals surface area contributed by atoms with Crippen molar-refractivity contribution in [2.75, 3.05) is 47.2 Å². The first-order chi connectivity index (χ1) is 14.2. The summed E-state index contributed by atoms with van der Waals surface area (Å²) in [6, 6.07) is 7.44. The van der Waals surface area contributed by atoms with Crippen LogP contribution in [0.25, 0.3) is 10.3 Å². The first-order valence-electron chi connectivity index (χ1n) is 9.33. The molecule has 0 unspecified atom stereocenters. The summed E-state index contributed by atoms with van der Waals surface area (Å²) in [7, 11) is 0. The summed E-state index contributed by atoms with van der Waals surface area (Å²) in [5, 5.41) is 4.69. The third kappa shape index (κ3) is 4.93. The van der Waals surface area contributed by atoms with Gasteiger partial charge in [0, 0.05) is 24.6 Å². The number of ether oxygens (including phenoxy) is 1. The van der Waals surface area contributed by atoms with Crippen LogP contribution in [0.2, 0.25) is 0 Å². The maximum Gasteiger partial charge on any atom is 0.234 e. The third-order valence-electron chi connectivity index (χ3n) is 4.23. The van der Waals surface area contributed by atoms with E-state index in [-0.39, 0.29) is 11.7 Å². The van der Waals surface area contributed by atoms with Gasteiger partial charge < -0.3 is 15.0 Å². The Balaban J connectivity index is 1.44. The number of nitrogens with zero attached hydrogens (tertiary/aromatic N) is 4. The zero-order chi connectivity index (χ0) is 20.1. The first kappa shape index (κ1) is 20.2. The molecule has 29 heavy (non-hydrogen) atoms. The fourth-order valence-electron chi connectivity index (χ4n) is 2.89. The van der Waals surface area contributed by atoms with E-state index >= 15 is 0 Å². The van der Waals surface area contributed by atoms with Crippen molar-refractivity contribution in [3.8, 4) is 5.75 Å². The van der Waals surface area contributed by atoms with Crippen molar-refractivity contribution in [2.45, 2.75) is 11.9 Å². The molecule has 0 spiro atoms. The van der Waals surface area contributed by atoms with Crippen molar-refractivity contribution in [3.63, 3.8) is 0 Å². The largest absolute Gasteiger partial charge is 0.492 e. The van der Waals surface area contributed by atoms with E-state index in [0.29, 0.717) is 23.7 Å². The number of para-hydroxylation sites is 2. The topological polar surface area (TPSA) is 80.2 Å². The molecule has 0 radical (unpaired) electrons. The van der Waals surface area contributed by atoms with Crippen LogP contribution in [0.4, 0.5) is 10.8 Å². The van der Waals surface area contributed by atoms with Crippen LogP contribution >= 0.6 is 34.9 Å². The molecule has 7 nitrogen and oxygen atoms in total. The average molecular weight is 448 g/mol. The van der Waals surface area contributed by atoms with Gasteiger partial charge in [-0.15, -0.1) is 0 Å². The van der Waals surface area contributed by atoms with E-state index in [1.165, 1.54) is 18.1 Å². The number of rotatable bonds is 7. The van der Waals surface area contributed by atoms with Gasteiger partial charge >= 0.3 is 0 Å². The quantitative estimate of drug-likeness (QED) is 0.433. The monoisotopic (exact) mass is 447 g/mol. The Morgan fingerprint density at radius 3 is 2.93 bits per heavy atom. The minimum absolute atomic E-state index is 0.105. The Kier molecular flexibility index (Phi) is 6.73. The predicted octanol–water partition coefficient (Wildman–Crippen LogP) is 3.77. The van der Waals surface area contributed by atoms with Crippen molar-refractivity contribution in [3.05, 3.63) is 30.6 Å². The maximum absolute atomic E-state index is 12.5. The Labute approximate surface area is 181 Å². The molecule has 3 heterocycles. The van der Waals surface area contributed by atoms with E-state index in [2.05, 4.69) is 25.2 Å². The number of carbonyl (C=O) groups excluding carboxylic acids is 1. The number of benzene rings is 1. The molecule has 1 fully saturated rings. The molecule has 0 saturated carbocycles. The summed E-state index contributed by atoms with van der Waals surface area (Å²) < 4.78 is 6.50. The van der Waals surface area contributed by atoms with E-state index in [4.69, 9.17) is 4.74 Å². The molecule has 0 aliphatic carbocycles. The van der Waals surface area contributed by atoms with E-state index in [1.807, 2.05) is 43.0 Å². The lowest BCUT2D eigenvalue weighted by Crippen LogP contribution is -2.32. The van der Waals surface area contributed by atoms with Crippen LogP contribution in [0.3, 0.4) is 0 Å². The second-order valence-electron chi connectivity index (χ2n) is 6.19. The number of hydrogen-bond donors (Lipinski definition) is 1. The Morgan fingerprint density at radius 1 is 1.28 bits per heavy atom. The standard InChI is InChI=1S/C19H21N5O2S3/c1-2-26-14-6-4-3-5-13(14)22-15(25)11-28-18-16-17(20-12-21-18)23-19(29-16)24-7-9-27-10-8-24/h3-6,12H,2,7-11H2,1H3,(H,22,25). The van der Waals surface area contributed by atoms with Crippen molar-refractivity contribution in [1.29, 1.82) is 0 Å². The summed E-state index contributed by atoms with van der Waals surface area (Å²) in [5.74, 6) is 3.05. The number of amides is 1. The summed E-state index contributed by atoms with van der Waals surface area (Å²) in [6.07, 6.45) is 1.52. The van der Waals surface area contributed by atoms with Crippen LogP contribution in [-0.2, 0) is 4.79 Å². The number of anilines is 2. The third-order valence-corrected chi connectivity index (χ3v) is 7.40. The lowest BCUT2D eigenvalue weighted by Gasteiger charge is -2.25. The van der Waals surface area contributed by atoms with Crippen LogP contribution in [0.15, 0.2) is 35.6 Å². The fourth-order valence-corrected chi connectivity index (χ4v) is 5.73. The van der Waals surface area contributed by atoms with Crippen molar-refractivity contribution < 1.29 is 9.53 Å². The van der Waals surface area contributed by atoms with Crippen molar-refractivity contribution >= 4 is 61.9 Å². The van der Waals surface area contributed by atoms with Crippen LogP contribution in [0.5, 0.6) is 5.75 Å². The number of nitrogens with one attached hydrogen (secondary N) is 1. The summed E-state index contributed by atoms with van der Waals surface area (Å²) in [4.78, 5) is 28.2. The fraction of sp³-hybridized carbons (Fsp3) is 0.368. The number of hydrogen-bond acceptors (Lipinski definition) is 9. The van der Waals surface area contributed by atoms with E-state index in [9.17, 15) is 4.79 Å². The highest BCUT2D eigenvalue weighted by Gasteiger charge is 2.18. The highest BCUT2D eigenvalue weighted by molar-refractivity contribution is 8.00. The Hall–Kier alpha value is -2.04. The molecule has 0 bridgehead atoms. The molecule has 4 rings (SSSR count). The van der Waals surface area contributed by atoms with Gasteiger partial charge in [-0.05, 0) is 19.1 Å². The van der Waals surface area contributed by atoms with Gasteiger partial charge in [-0.1, -0.05) is 35.2 Å².